The van der Waals surface area contributed by atoms with Gasteiger partial charge in [-0.05, 0) is 44.7 Å². The van der Waals surface area contributed by atoms with Crippen LogP contribution in [0.15, 0.2) is 12.1 Å². The summed E-state index contributed by atoms with van der Waals surface area (Å²) in [5.74, 6) is 0.221. The Labute approximate surface area is 128 Å². The zero-order chi connectivity index (χ0) is 15.7. The van der Waals surface area contributed by atoms with Crippen LogP contribution in [-0.4, -0.2) is 35.6 Å². The predicted octanol–water partition coefficient (Wildman–Crippen LogP) is 1.26. The Morgan fingerprint density at radius 1 is 1.45 bits per heavy atom. The van der Waals surface area contributed by atoms with Crippen LogP contribution in [0, 0.1) is 0 Å². The summed E-state index contributed by atoms with van der Waals surface area (Å²) in [7, 11) is 0. The molecule has 0 radical (unpaired) electrons. The number of nitrogens with two attached hydrogens (primary N) is 1. The maximum Gasteiger partial charge on any atom is 0.326 e. The number of hydrogen-bond acceptors (Lipinski definition) is 6. The predicted molar refractivity (Wildman–Crippen MR) is 79.4 cm³/mol. The number of nitrogens with zero attached hydrogens (tertiary/aromatic N) is 2. The zero-order valence-corrected chi connectivity index (χ0v) is 12.4. The third-order valence-electron chi connectivity index (χ3n) is 3.92. The minimum Gasteiger partial charge on any atom is -0.477 e. The number of ether oxygens (including phenoxy) is 2. The summed E-state index contributed by atoms with van der Waals surface area (Å²) in [5, 5.41) is 0. The molecule has 0 spiro atoms. The highest BCUT2D eigenvalue weighted by atomic mass is 16.5. The number of nitrogen functional groups attached to an aromatic ring is 1. The van der Waals surface area contributed by atoms with E-state index in [2.05, 4.69) is 4.98 Å². The Morgan fingerprint density at radius 2 is 2.18 bits per heavy atom. The molecule has 2 heterocycles. The fourth-order valence-electron chi connectivity index (χ4n) is 2.81. The van der Waals surface area contributed by atoms with Gasteiger partial charge in [0.1, 0.15) is 18.5 Å². The van der Waals surface area contributed by atoms with Crippen LogP contribution < -0.4 is 15.4 Å². The first-order valence-corrected chi connectivity index (χ1v) is 7.48. The number of carbonyl (C=O) groups is 2. The molecule has 1 unspecified atom stereocenters. The van der Waals surface area contributed by atoms with Crippen LogP contribution in [0.5, 0.6) is 5.75 Å². The van der Waals surface area contributed by atoms with Crippen molar-refractivity contribution in [2.24, 2.45) is 0 Å². The largest absolute Gasteiger partial charge is 0.477 e. The molecule has 7 heteroatoms. The van der Waals surface area contributed by atoms with Crippen molar-refractivity contribution in [2.75, 3.05) is 17.2 Å². The van der Waals surface area contributed by atoms with Gasteiger partial charge < -0.3 is 15.2 Å². The second-order valence-electron chi connectivity index (χ2n) is 5.64. The molecular weight excluding hydrogens is 286 g/mol. The lowest BCUT2D eigenvalue weighted by atomic mass is 10.2. The molecule has 0 saturated heterocycles. The molecule has 1 fully saturated rings. The van der Waals surface area contributed by atoms with E-state index in [0.29, 0.717) is 5.75 Å². The minimum atomic E-state index is -0.669. The smallest absolute Gasteiger partial charge is 0.326 e. The summed E-state index contributed by atoms with van der Waals surface area (Å²) in [4.78, 5) is 29.8. The van der Waals surface area contributed by atoms with Crippen molar-refractivity contribution < 1.29 is 19.1 Å². The number of carbonyl (C=O) groups excluding carboxylic acids is 2. The number of rotatable bonds is 3. The van der Waals surface area contributed by atoms with Gasteiger partial charge in [0, 0.05) is 0 Å². The zero-order valence-electron chi connectivity index (χ0n) is 12.4. The van der Waals surface area contributed by atoms with Gasteiger partial charge in [-0.2, -0.15) is 0 Å². The molecule has 1 aromatic heterocycles. The van der Waals surface area contributed by atoms with Crippen LogP contribution >= 0.6 is 0 Å². The van der Waals surface area contributed by atoms with Crippen LogP contribution in [-0.2, 0) is 14.3 Å². The molecule has 2 aliphatic rings. The number of anilines is 2. The van der Waals surface area contributed by atoms with Gasteiger partial charge in [-0.3, -0.25) is 14.5 Å². The minimum absolute atomic E-state index is 0.0330. The molecule has 0 aromatic carbocycles. The average molecular weight is 305 g/mol. The normalized spacial score (nSPS) is 21.4. The summed E-state index contributed by atoms with van der Waals surface area (Å²) >= 11 is 0. The average Bonchev–Trinajstić information content (AvgIpc) is 2.97. The van der Waals surface area contributed by atoms with E-state index in [-0.39, 0.29) is 30.2 Å². The molecule has 1 aliphatic heterocycles. The number of esters is 1. The number of fused-ring (bicyclic) bond motifs is 1. The van der Waals surface area contributed by atoms with Gasteiger partial charge in [0.15, 0.2) is 17.7 Å². The summed E-state index contributed by atoms with van der Waals surface area (Å²) in [6.07, 6.45) is 3.23. The summed E-state index contributed by atoms with van der Waals surface area (Å²) in [5.41, 5.74) is 5.67. The highest BCUT2D eigenvalue weighted by molar-refractivity contribution is 6.02. The monoisotopic (exact) mass is 305 g/mol. The lowest BCUT2D eigenvalue weighted by molar-refractivity contribution is -0.148. The van der Waals surface area contributed by atoms with Gasteiger partial charge >= 0.3 is 5.97 Å². The molecule has 0 bridgehead atoms. The first-order valence-electron chi connectivity index (χ1n) is 7.48. The fourth-order valence-corrected chi connectivity index (χ4v) is 2.81. The summed E-state index contributed by atoms with van der Waals surface area (Å²) < 4.78 is 10.9. The van der Waals surface area contributed by atoms with E-state index < -0.39 is 12.1 Å². The van der Waals surface area contributed by atoms with Gasteiger partial charge in [0.05, 0.1) is 0 Å². The number of amides is 1. The van der Waals surface area contributed by atoms with Crippen molar-refractivity contribution in [2.45, 2.75) is 44.8 Å². The van der Waals surface area contributed by atoms with Crippen molar-refractivity contribution >= 4 is 23.5 Å². The molecule has 1 aliphatic carbocycles. The topological polar surface area (TPSA) is 94.8 Å². The molecular formula is C15H19N3O4. The number of hydrogen-bond donors (Lipinski definition) is 1. The first-order chi connectivity index (χ1) is 10.5. The highest BCUT2D eigenvalue weighted by Crippen LogP contribution is 2.33. The third kappa shape index (κ3) is 2.84. The van der Waals surface area contributed by atoms with E-state index in [1.54, 1.807) is 19.1 Å². The first kappa shape index (κ1) is 14.6. The van der Waals surface area contributed by atoms with E-state index in [1.165, 1.54) is 4.90 Å². The maximum atomic E-state index is 12.3. The summed E-state index contributed by atoms with van der Waals surface area (Å²) in [6, 6.07) is 3.24. The maximum absolute atomic E-state index is 12.3. The van der Waals surface area contributed by atoms with Gasteiger partial charge in [-0.15, -0.1) is 0 Å². The second kappa shape index (κ2) is 5.82. The van der Waals surface area contributed by atoms with E-state index in [0.717, 1.165) is 25.7 Å². The van der Waals surface area contributed by atoms with Crippen LogP contribution in [0.25, 0.3) is 0 Å². The van der Waals surface area contributed by atoms with Crippen LogP contribution in [0.1, 0.15) is 32.6 Å². The Balaban J connectivity index is 1.77. The van der Waals surface area contributed by atoms with Gasteiger partial charge in [-0.1, -0.05) is 0 Å². The van der Waals surface area contributed by atoms with Gasteiger partial charge in [0.2, 0.25) is 0 Å². The molecule has 118 valence electrons. The molecule has 1 aromatic rings. The van der Waals surface area contributed by atoms with E-state index in [1.807, 2.05) is 0 Å². The third-order valence-corrected chi connectivity index (χ3v) is 3.92. The van der Waals surface area contributed by atoms with Crippen LogP contribution in [0.3, 0.4) is 0 Å². The second-order valence-corrected chi connectivity index (χ2v) is 5.64. The molecule has 1 amide bonds. The number of aromatic nitrogens is 1. The number of pyridine rings is 1. The molecule has 2 N–H and O–H groups in total. The van der Waals surface area contributed by atoms with Gasteiger partial charge in [0.25, 0.3) is 5.91 Å². The fraction of sp³-hybridized carbons (Fsp3) is 0.533. The highest BCUT2D eigenvalue weighted by Gasteiger charge is 2.35. The Morgan fingerprint density at radius 3 is 2.91 bits per heavy atom. The lowest BCUT2D eigenvalue weighted by Crippen LogP contribution is -2.47. The Hall–Kier alpha value is -2.31. The van der Waals surface area contributed by atoms with Gasteiger partial charge in [-0.25, -0.2) is 4.98 Å². The van der Waals surface area contributed by atoms with E-state index in [4.69, 9.17) is 15.2 Å². The van der Waals surface area contributed by atoms with Crippen LogP contribution in [0.4, 0.5) is 11.6 Å². The van der Waals surface area contributed by atoms with Crippen LogP contribution in [0.2, 0.25) is 0 Å². The standard InChI is InChI=1S/C15H19N3O4/c1-9-15(20)18(8-13(19)22-10-4-2-3-5-10)14-11(21-9)6-7-12(16)17-14/h6-7,9-10H,2-5,8H2,1H3,(H2,16,17). The van der Waals surface area contributed by atoms with Crippen molar-refractivity contribution in [3.05, 3.63) is 12.1 Å². The van der Waals surface area contributed by atoms with Crippen molar-refractivity contribution in [3.8, 4) is 5.75 Å². The molecule has 1 atom stereocenters. The molecule has 7 nitrogen and oxygen atoms in total. The van der Waals surface area contributed by atoms with Crippen molar-refractivity contribution in [3.63, 3.8) is 0 Å². The Bertz CT molecular complexity index is 598. The molecule has 1 saturated carbocycles. The molecule has 22 heavy (non-hydrogen) atoms. The Kier molecular flexibility index (Phi) is 3.87. The van der Waals surface area contributed by atoms with E-state index in [9.17, 15) is 9.59 Å². The van der Waals surface area contributed by atoms with Crippen molar-refractivity contribution in [1.82, 2.24) is 4.98 Å². The van der Waals surface area contributed by atoms with Crippen molar-refractivity contribution in [1.29, 1.82) is 0 Å². The van der Waals surface area contributed by atoms with E-state index >= 15 is 0 Å². The SMILES string of the molecule is CC1Oc2ccc(N)nc2N(CC(=O)OC2CCCC2)C1=O. The summed E-state index contributed by atoms with van der Waals surface area (Å²) in [6.45, 7) is 1.46. The molecule has 3 rings (SSSR count). The quantitative estimate of drug-likeness (QED) is 0.845. The lowest BCUT2D eigenvalue weighted by Gasteiger charge is -2.31.